The Morgan fingerprint density at radius 2 is 2.12 bits per heavy atom. The van der Waals surface area contributed by atoms with Gasteiger partial charge in [-0.25, -0.2) is 9.78 Å². The molecule has 0 saturated carbocycles. The molecule has 0 spiro atoms. The lowest BCUT2D eigenvalue weighted by molar-refractivity contribution is -0.0137. The highest BCUT2D eigenvalue weighted by Gasteiger charge is 2.29. The SMILES string of the molecule is O=C(NCc1ccc(Cl)cc1)N[C@@H]1CCOC[C@H]1Oc1ccccn1. The molecule has 1 saturated heterocycles. The predicted molar refractivity (Wildman–Crippen MR) is 94.7 cm³/mol. The van der Waals surface area contributed by atoms with Gasteiger partial charge < -0.3 is 20.1 Å². The maximum Gasteiger partial charge on any atom is 0.315 e. The van der Waals surface area contributed by atoms with Crippen LogP contribution in [0.1, 0.15) is 12.0 Å². The molecule has 1 aromatic carbocycles. The summed E-state index contributed by atoms with van der Waals surface area (Å²) in [6, 6.07) is 12.4. The van der Waals surface area contributed by atoms with Crippen LogP contribution >= 0.6 is 11.6 Å². The first-order chi connectivity index (χ1) is 12.2. The Morgan fingerprint density at radius 3 is 2.88 bits per heavy atom. The van der Waals surface area contributed by atoms with E-state index in [4.69, 9.17) is 21.1 Å². The van der Waals surface area contributed by atoms with Crippen LogP contribution in [0.3, 0.4) is 0 Å². The number of halogens is 1. The van der Waals surface area contributed by atoms with Gasteiger partial charge in [-0.15, -0.1) is 0 Å². The second-order valence-electron chi connectivity index (χ2n) is 5.75. The van der Waals surface area contributed by atoms with Crippen molar-refractivity contribution in [2.24, 2.45) is 0 Å². The summed E-state index contributed by atoms with van der Waals surface area (Å²) in [7, 11) is 0. The van der Waals surface area contributed by atoms with Crippen LogP contribution in [0.15, 0.2) is 48.7 Å². The molecular formula is C18H20ClN3O3. The van der Waals surface area contributed by atoms with Gasteiger partial charge in [-0.2, -0.15) is 0 Å². The highest BCUT2D eigenvalue weighted by atomic mass is 35.5. The number of rotatable bonds is 5. The number of amides is 2. The summed E-state index contributed by atoms with van der Waals surface area (Å²) in [4.78, 5) is 16.3. The van der Waals surface area contributed by atoms with Gasteiger partial charge in [0.25, 0.3) is 0 Å². The van der Waals surface area contributed by atoms with Gasteiger partial charge in [-0.1, -0.05) is 29.8 Å². The number of carbonyl (C=O) groups is 1. The van der Waals surface area contributed by atoms with Crippen molar-refractivity contribution in [2.45, 2.75) is 25.1 Å². The standard InChI is InChI=1S/C18H20ClN3O3/c19-14-6-4-13(5-7-14)11-21-18(23)22-15-8-10-24-12-16(15)25-17-3-1-2-9-20-17/h1-7,9,15-16H,8,10-12H2,(H2,21,22,23)/t15-,16-/m1/s1. The molecule has 0 aliphatic carbocycles. The Labute approximate surface area is 151 Å². The molecule has 0 bridgehead atoms. The number of carbonyl (C=O) groups excluding carboxylic acids is 1. The maximum absolute atomic E-state index is 12.2. The van der Waals surface area contributed by atoms with Gasteiger partial charge in [0, 0.05) is 30.4 Å². The van der Waals surface area contributed by atoms with E-state index in [2.05, 4.69) is 15.6 Å². The number of urea groups is 1. The molecule has 0 unspecified atom stereocenters. The zero-order chi connectivity index (χ0) is 17.5. The number of nitrogens with one attached hydrogen (secondary N) is 2. The summed E-state index contributed by atoms with van der Waals surface area (Å²) in [5.41, 5.74) is 0.979. The van der Waals surface area contributed by atoms with Gasteiger partial charge in [-0.05, 0) is 30.2 Å². The molecule has 25 heavy (non-hydrogen) atoms. The smallest absolute Gasteiger partial charge is 0.315 e. The molecule has 7 heteroatoms. The summed E-state index contributed by atoms with van der Waals surface area (Å²) >= 11 is 5.86. The first-order valence-electron chi connectivity index (χ1n) is 8.15. The van der Waals surface area contributed by atoms with E-state index in [0.29, 0.717) is 37.1 Å². The number of hydrogen-bond donors (Lipinski definition) is 2. The van der Waals surface area contributed by atoms with Gasteiger partial charge in [0.15, 0.2) is 0 Å². The van der Waals surface area contributed by atoms with E-state index in [1.165, 1.54) is 0 Å². The molecule has 3 rings (SSSR count). The minimum atomic E-state index is -0.273. The normalized spacial score (nSPS) is 19.9. The Balaban J connectivity index is 1.52. The topological polar surface area (TPSA) is 72.5 Å². The summed E-state index contributed by atoms with van der Waals surface area (Å²) in [5.74, 6) is 0.520. The molecule has 2 heterocycles. The maximum atomic E-state index is 12.2. The van der Waals surface area contributed by atoms with E-state index in [-0.39, 0.29) is 18.2 Å². The third kappa shape index (κ3) is 5.34. The summed E-state index contributed by atoms with van der Waals surface area (Å²) in [6.45, 7) is 1.43. The lowest BCUT2D eigenvalue weighted by Crippen LogP contribution is -2.53. The lowest BCUT2D eigenvalue weighted by Gasteiger charge is -2.32. The first-order valence-corrected chi connectivity index (χ1v) is 8.53. The minimum Gasteiger partial charge on any atom is -0.470 e. The molecule has 2 aromatic rings. The van der Waals surface area contributed by atoms with Gasteiger partial charge in [0.1, 0.15) is 6.10 Å². The molecule has 1 aliphatic rings. The Morgan fingerprint density at radius 1 is 1.28 bits per heavy atom. The van der Waals surface area contributed by atoms with E-state index in [1.807, 2.05) is 24.3 Å². The van der Waals surface area contributed by atoms with Gasteiger partial charge >= 0.3 is 6.03 Å². The molecule has 1 aliphatic heterocycles. The van der Waals surface area contributed by atoms with E-state index in [1.54, 1.807) is 24.4 Å². The highest BCUT2D eigenvalue weighted by molar-refractivity contribution is 6.30. The Bertz CT molecular complexity index is 682. The van der Waals surface area contributed by atoms with Crippen LogP contribution in [0.5, 0.6) is 5.88 Å². The van der Waals surface area contributed by atoms with E-state index in [0.717, 1.165) is 5.56 Å². The molecule has 1 fully saturated rings. The summed E-state index contributed by atoms with van der Waals surface area (Å²) in [5, 5.41) is 6.48. The fraction of sp³-hybridized carbons (Fsp3) is 0.333. The zero-order valence-corrected chi connectivity index (χ0v) is 14.4. The fourth-order valence-corrected chi connectivity index (χ4v) is 2.70. The van der Waals surface area contributed by atoms with Crippen molar-refractivity contribution in [1.82, 2.24) is 15.6 Å². The number of benzene rings is 1. The molecule has 6 nitrogen and oxygen atoms in total. The Kier molecular flexibility index (Phi) is 6.09. The van der Waals surface area contributed by atoms with Crippen LogP contribution in [0.25, 0.3) is 0 Å². The van der Waals surface area contributed by atoms with E-state index < -0.39 is 0 Å². The van der Waals surface area contributed by atoms with Crippen molar-refractivity contribution in [3.63, 3.8) is 0 Å². The third-order valence-corrected chi connectivity index (χ3v) is 4.15. The van der Waals surface area contributed by atoms with Gasteiger partial charge in [-0.3, -0.25) is 0 Å². The van der Waals surface area contributed by atoms with Gasteiger partial charge in [0.2, 0.25) is 5.88 Å². The van der Waals surface area contributed by atoms with E-state index >= 15 is 0 Å². The second-order valence-corrected chi connectivity index (χ2v) is 6.18. The average molecular weight is 362 g/mol. The van der Waals surface area contributed by atoms with Crippen molar-refractivity contribution in [1.29, 1.82) is 0 Å². The van der Waals surface area contributed by atoms with Crippen LogP contribution in [-0.2, 0) is 11.3 Å². The lowest BCUT2D eigenvalue weighted by atomic mass is 10.1. The fourth-order valence-electron chi connectivity index (χ4n) is 2.57. The van der Waals surface area contributed by atoms with E-state index in [9.17, 15) is 4.79 Å². The van der Waals surface area contributed by atoms with Crippen molar-refractivity contribution in [2.75, 3.05) is 13.2 Å². The van der Waals surface area contributed by atoms with Crippen molar-refractivity contribution >= 4 is 17.6 Å². The predicted octanol–water partition coefficient (Wildman–Crippen LogP) is 2.77. The molecule has 1 aromatic heterocycles. The van der Waals surface area contributed by atoms with Crippen molar-refractivity contribution in [3.8, 4) is 5.88 Å². The van der Waals surface area contributed by atoms with Crippen LogP contribution in [0.2, 0.25) is 5.02 Å². The molecular weight excluding hydrogens is 342 g/mol. The third-order valence-electron chi connectivity index (χ3n) is 3.90. The second kappa shape index (κ2) is 8.69. The largest absolute Gasteiger partial charge is 0.470 e. The first kappa shape index (κ1) is 17.5. The highest BCUT2D eigenvalue weighted by Crippen LogP contribution is 2.15. The summed E-state index contributed by atoms with van der Waals surface area (Å²) in [6.07, 6.45) is 2.08. The molecule has 2 N–H and O–H groups in total. The number of pyridine rings is 1. The van der Waals surface area contributed by atoms with Crippen molar-refractivity contribution in [3.05, 3.63) is 59.2 Å². The van der Waals surface area contributed by atoms with Crippen LogP contribution < -0.4 is 15.4 Å². The summed E-state index contributed by atoms with van der Waals surface area (Å²) < 4.78 is 11.3. The minimum absolute atomic E-state index is 0.138. The molecule has 2 amide bonds. The molecule has 2 atom stereocenters. The zero-order valence-electron chi connectivity index (χ0n) is 13.7. The number of ether oxygens (including phenoxy) is 2. The number of nitrogens with zero attached hydrogens (tertiary/aromatic N) is 1. The quantitative estimate of drug-likeness (QED) is 0.859. The average Bonchev–Trinajstić information content (AvgIpc) is 2.64. The van der Waals surface area contributed by atoms with Crippen LogP contribution in [0.4, 0.5) is 4.79 Å². The number of hydrogen-bond acceptors (Lipinski definition) is 4. The molecule has 132 valence electrons. The number of aromatic nitrogens is 1. The van der Waals surface area contributed by atoms with Crippen molar-refractivity contribution < 1.29 is 14.3 Å². The monoisotopic (exact) mass is 361 g/mol. The Hall–Kier alpha value is -2.31. The van der Waals surface area contributed by atoms with Crippen LogP contribution in [-0.4, -0.2) is 36.4 Å². The van der Waals surface area contributed by atoms with Gasteiger partial charge in [0.05, 0.1) is 12.6 Å². The molecule has 0 radical (unpaired) electrons. The van der Waals surface area contributed by atoms with Crippen LogP contribution in [0, 0.1) is 0 Å².